The smallest absolute Gasteiger partial charge is 0.334 e. The molecule has 3 nitrogen and oxygen atoms in total. The molecule has 0 heterocycles. The first-order chi connectivity index (χ1) is 7.27. The summed E-state index contributed by atoms with van der Waals surface area (Å²) in [6, 6.07) is 0. The van der Waals surface area contributed by atoms with E-state index in [1.165, 1.54) is 0 Å². The average Bonchev–Trinajstić information content (AvgIpc) is 2.74. The molecule has 0 spiro atoms. The van der Waals surface area contributed by atoms with Gasteiger partial charge in [-0.15, -0.1) is 0 Å². The molecule has 1 fully saturated rings. The summed E-state index contributed by atoms with van der Waals surface area (Å²) in [6.07, 6.45) is 7.76. The number of hydrogen-bond donors (Lipinski definition) is 1. The Bertz CT molecular complexity index is 270. The van der Waals surface area contributed by atoms with Gasteiger partial charge in [0.2, 0.25) is 0 Å². The highest BCUT2D eigenvalue weighted by Gasteiger charge is 2.27. The minimum Gasteiger partial charge on any atom is -0.456 e. The van der Waals surface area contributed by atoms with Crippen LogP contribution in [0.2, 0.25) is 0 Å². The number of carbonyl (C=O) groups excluding carboxylic acids is 1. The summed E-state index contributed by atoms with van der Waals surface area (Å²) in [5.74, 6) is -0.210. The first-order valence-corrected chi connectivity index (χ1v) is 5.85. The van der Waals surface area contributed by atoms with Gasteiger partial charge in [0.05, 0.1) is 6.10 Å². The lowest BCUT2D eigenvalue weighted by Crippen LogP contribution is -2.34. The summed E-state index contributed by atoms with van der Waals surface area (Å²) in [6.45, 7) is 0. The second-order valence-electron chi connectivity index (χ2n) is 4.42. The van der Waals surface area contributed by atoms with Crippen molar-refractivity contribution in [1.29, 1.82) is 0 Å². The van der Waals surface area contributed by atoms with Crippen molar-refractivity contribution in [2.45, 2.75) is 57.2 Å². The van der Waals surface area contributed by atoms with Crippen molar-refractivity contribution in [3.05, 3.63) is 11.6 Å². The minimum absolute atomic E-state index is 0.210. The third kappa shape index (κ3) is 2.59. The van der Waals surface area contributed by atoms with Crippen LogP contribution in [0.15, 0.2) is 11.6 Å². The second kappa shape index (κ2) is 4.79. The molecule has 2 aliphatic rings. The van der Waals surface area contributed by atoms with Gasteiger partial charge in [0.15, 0.2) is 0 Å². The van der Waals surface area contributed by atoms with Gasteiger partial charge in [0.1, 0.15) is 6.10 Å². The molecule has 15 heavy (non-hydrogen) atoms. The molecule has 0 aliphatic heterocycles. The molecule has 0 unspecified atom stereocenters. The molecule has 0 bridgehead atoms. The number of aliphatic hydroxyl groups excluding tert-OH is 1. The van der Waals surface area contributed by atoms with E-state index in [-0.39, 0.29) is 12.1 Å². The second-order valence-corrected chi connectivity index (χ2v) is 4.42. The summed E-state index contributed by atoms with van der Waals surface area (Å²) in [4.78, 5) is 11.7. The molecule has 3 heteroatoms. The Kier molecular flexibility index (Phi) is 3.41. The Balaban J connectivity index is 1.87. The van der Waals surface area contributed by atoms with Gasteiger partial charge in [-0.3, -0.25) is 0 Å². The fraction of sp³-hybridized carbons (Fsp3) is 0.750. The van der Waals surface area contributed by atoms with E-state index in [1.54, 1.807) is 0 Å². The first kappa shape index (κ1) is 10.7. The molecule has 2 aliphatic carbocycles. The zero-order valence-electron chi connectivity index (χ0n) is 8.95. The maximum atomic E-state index is 11.7. The van der Waals surface area contributed by atoms with E-state index < -0.39 is 6.10 Å². The van der Waals surface area contributed by atoms with Crippen LogP contribution in [0.4, 0.5) is 0 Å². The molecular weight excluding hydrogens is 192 g/mol. The van der Waals surface area contributed by atoms with Crippen molar-refractivity contribution >= 4 is 5.97 Å². The molecule has 0 saturated heterocycles. The topological polar surface area (TPSA) is 46.5 Å². The van der Waals surface area contributed by atoms with Gasteiger partial charge in [-0.2, -0.15) is 0 Å². The quantitative estimate of drug-likeness (QED) is 0.708. The molecule has 0 amide bonds. The Hall–Kier alpha value is -0.830. The SMILES string of the molecule is O=C(O[C@@H]1CCCC[C@H]1O)C1=CCCC1. The first-order valence-electron chi connectivity index (χ1n) is 5.85. The number of rotatable bonds is 2. The monoisotopic (exact) mass is 210 g/mol. The van der Waals surface area contributed by atoms with Crippen molar-refractivity contribution < 1.29 is 14.6 Å². The number of ether oxygens (including phenoxy) is 1. The highest BCUT2D eigenvalue weighted by Crippen LogP contribution is 2.24. The highest BCUT2D eigenvalue weighted by molar-refractivity contribution is 5.89. The molecule has 84 valence electrons. The van der Waals surface area contributed by atoms with Crippen LogP contribution in [0.1, 0.15) is 44.9 Å². The lowest BCUT2D eigenvalue weighted by atomic mass is 9.95. The molecular formula is C12H18O3. The van der Waals surface area contributed by atoms with E-state index in [9.17, 15) is 9.90 Å². The molecule has 0 radical (unpaired) electrons. The summed E-state index contributed by atoms with van der Waals surface area (Å²) in [5.41, 5.74) is 0.799. The van der Waals surface area contributed by atoms with Gasteiger partial charge in [0, 0.05) is 5.57 Å². The van der Waals surface area contributed by atoms with Gasteiger partial charge in [0.25, 0.3) is 0 Å². The van der Waals surface area contributed by atoms with Crippen LogP contribution < -0.4 is 0 Å². The van der Waals surface area contributed by atoms with Gasteiger partial charge >= 0.3 is 5.97 Å². The Morgan fingerprint density at radius 1 is 1.33 bits per heavy atom. The zero-order valence-corrected chi connectivity index (χ0v) is 8.95. The van der Waals surface area contributed by atoms with Crippen LogP contribution >= 0.6 is 0 Å². The van der Waals surface area contributed by atoms with Crippen molar-refractivity contribution in [1.82, 2.24) is 0 Å². The fourth-order valence-electron chi connectivity index (χ4n) is 2.28. The van der Waals surface area contributed by atoms with Crippen LogP contribution in [0, 0.1) is 0 Å². The predicted molar refractivity (Wildman–Crippen MR) is 56.3 cm³/mol. The molecule has 0 aromatic rings. The maximum absolute atomic E-state index is 11.7. The lowest BCUT2D eigenvalue weighted by Gasteiger charge is -2.27. The van der Waals surface area contributed by atoms with Crippen LogP contribution in [0.3, 0.4) is 0 Å². The third-order valence-corrected chi connectivity index (χ3v) is 3.23. The molecule has 2 atom stereocenters. The molecule has 0 aromatic heterocycles. The maximum Gasteiger partial charge on any atom is 0.334 e. The predicted octanol–water partition coefficient (Wildman–Crippen LogP) is 1.94. The minimum atomic E-state index is -0.454. The van der Waals surface area contributed by atoms with E-state index >= 15 is 0 Å². The summed E-state index contributed by atoms with van der Waals surface area (Å²) >= 11 is 0. The number of allylic oxidation sites excluding steroid dienone is 1. The van der Waals surface area contributed by atoms with Crippen LogP contribution in [0.25, 0.3) is 0 Å². The standard InChI is InChI=1S/C12H18O3/c13-10-7-3-4-8-11(10)15-12(14)9-5-1-2-6-9/h5,10-11,13H,1-4,6-8H2/t10-,11-/m1/s1. The number of aliphatic hydroxyl groups is 1. The molecule has 1 N–H and O–H groups in total. The van der Waals surface area contributed by atoms with Gasteiger partial charge in [-0.05, 0) is 38.5 Å². The van der Waals surface area contributed by atoms with Crippen molar-refractivity contribution in [3.8, 4) is 0 Å². The van der Waals surface area contributed by atoms with E-state index in [2.05, 4.69) is 0 Å². The summed E-state index contributed by atoms with van der Waals surface area (Å²) in [7, 11) is 0. The largest absolute Gasteiger partial charge is 0.456 e. The summed E-state index contributed by atoms with van der Waals surface area (Å²) < 4.78 is 5.33. The van der Waals surface area contributed by atoms with Crippen molar-refractivity contribution in [2.24, 2.45) is 0 Å². The Morgan fingerprint density at radius 2 is 2.13 bits per heavy atom. The van der Waals surface area contributed by atoms with Gasteiger partial charge < -0.3 is 9.84 Å². The van der Waals surface area contributed by atoms with E-state index in [0.717, 1.165) is 50.5 Å². The fourth-order valence-corrected chi connectivity index (χ4v) is 2.28. The number of carbonyl (C=O) groups is 1. The molecule has 2 rings (SSSR count). The van der Waals surface area contributed by atoms with Crippen molar-refractivity contribution in [2.75, 3.05) is 0 Å². The number of hydrogen-bond acceptors (Lipinski definition) is 3. The van der Waals surface area contributed by atoms with Crippen LogP contribution in [0.5, 0.6) is 0 Å². The Labute approximate surface area is 90.1 Å². The van der Waals surface area contributed by atoms with Crippen LogP contribution in [-0.4, -0.2) is 23.3 Å². The van der Waals surface area contributed by atoms with Crippen molar-refractivity contribution in [3.63, 3.8) is 0 Å². The van der Waals surface area contributed by atoms with Gasteiger partial charge in [-0.1, -0.05) is 12.5 Å². The third-order valence-electron chi connectivity index (χ3n) is 3.23. The highest BCUT2D eigenvalue weighted by atomic mass is 16.6. The van der Waals surface area contributed by atoms with E-state index in [0.29, 0.717) is 0 Å². The molecule has 0 aromatic carbocycles. The van der Waals surface area contributed by atoms with Crippen LogP contribution in [-0.2, 0) is 9.53 Å². The summed E-state index contributed by atoms with van der Waals surface area (Å²) in [5, 5.41) is 9.66. The normalized spacial score (nSPS) is 31.1. The lowest BCUT2D eigenvalue weighted by molar-refractivity contribution is -0.152. The van der Waals surface area contributed by atoms with Gasteiger partial charge in [-0.25, -0.2) is 4.79 Å². The molecule has 1 saturated carbocycles. The zero-order chi connectivity index (χ0) is 10.7. The average molecular weight is 210 g/mol. The van der Waals surface area contributed by atoms with E-state index in [1.807, 2.05) is 6.08 Å². The van der Waals surface area contributed by atoms with E-state index in [4.69, 9.17) is 4.74 Å². The Morgan fingerprint density at radius 3 is 2.80 bits per heavy atom. The number of esters is 1.